The van der Waals surface area contributed by atoms with Gasteiger partial charge < -0.3 is 19.9 Å². The summed E-state index contributed by atoms with van der Waals surface area (Å²) in [4.78, 5) is 16.7. The standard InChI is InChI=1S/C17H31N3O2/c1-22-14-17(13-18-15-5-6-15)7-11-20(12-8-17)16(21)19-9-3-2-4-10-19/h15,18H,2-14H2,1H3. The molecule has 0 aromatic carbocycles. The third-order valence-electron chi connectivity index (χ3n) is 5.51. The molecular formula is C17H31N3O2. The first kappa shape index (κ1) is 16.1. The summed E-state index contributed by atoms with van der Waals surface area (Å²) in [6.07, 6.45) is 8.36. The van der Waals surface area contributed by atoms with Crippen LogP contribution in [0.15, 0.2) is 0 Å². The Morgan fingerprint density at radius 1 is 1.09 bits per heavy atom. The van der Waals surface area contributed by atoms with Gasteiger partial charge in [0.05, 0.1) is 6.61 Å². The molecule has 126 valence electrons. The number of hydrogen-bond acceptors (Lipinski definition) is 3. The Balaban J connectivity index is 1.51. The summed E-state index contributed by atoms with van der Waals surface area (Å²) in [5.74, 6) is 0. The number of rotatable bonds is 5. The van der Waals surface area contributed by atoms with E-state index in [2.05, 4.69) is 15.1 Å². The number of ether oxygens (including phenoxy) is 1. The molecule has 22 heavy (non-hydrogen) atoms. The molecule has 1 aliphatic carbocycles. The summed E-state index contributed by atoms with van der Waals surface area (Å²) in [6, 6.07) is 1.00. The summed E-state index contributed by atoms with van der Waals surface area (Å²) < 4.78 is 5.50. The molecule has 0 bridgehead atoms. The first-order valence-corrected chi connectivity index (χ1v) is 8.99. The topological polar surface area (TPSA) is 44.8 Å². The van der Waals surface area contributed by atoms with E-state index in [1.54, 1.807) is 7.11 Å². The fraction of sp³-hybridized carbons (Fsp3) is 0.941. The monoisotopic (exact) mass is 309 g/mol. The van der Waals surface area contributed by atoms with Crippen LogP contribution in [-0.2, 0) is 4.74 Å². The summed E-state index contributed by atoms with van der Waals surface area (Å²) in [5.41, 5.74) is 0.218. The molecule has 0 atom stereocenters. The van der Waals surface area contributed by atoms with Crippen molar-refractivity contribution in [3.05, 3.63) is 0 Å². The lowest BCUT2D eigenvalue weighted by Gasteiger charge is -2.43. The van der Waals surface area contributed by atoms with Gasteiger partial charge in [0.2, 0.25) is 0 Å². The molecule has 2 aliphatic heterocycles. The molecule has 2 amide bonds. The van der Waals surface area contributed by atoms with Crippen molar-refractivity contribution in [2.24, 2.45) is 5.41 Å². The van der Waals surface area contributed by atoms with Crippen LogP contribution in [0, 0.1) is 5.41 Å². The van der Waals surface area contributed by atoms with E-state index in [4.69, 9.17) is 4.74 Å². The number of urea groups is 1. The van der Waals surface area contributed by atoms with E-state index in [0.717, 1.165) is 58.2 Å². The second kappa shape index (κ2) is 7.18. The fourth-order valence-corrected chi connectivity index (χ4v) is 3.78. The summed E-state index contributed by atoms with van der Waals surface area (Å²) >= 11 is 0. The van der Waals surface area contributed by atoms with Gasteiger partial charge in [-0.3, -0.25) is 0 Å². The maximum Gasteiger partial charge on any atom is 0.319 e. The third-order valence-corrected chi connectivity index (χ3v) is 5.51. The van der Waals surface area contributed by atoms with Crippen molar-refractivity contribution in [2.45, 2.75) is 51.0 Å². The van der Waals surface area contributed by atoms with Gasteiger partial charge in [0, 0.05) is 51.3 Å². The molecule has 0 radical (unpaired) electrons. The number of methoxy groups -OCH3 is 1. The Kier molecular flexibility index (Phi) is 5.24. The first-order chi connectivity index (χ1) is 10.7. The van der Waals surface area contributed by atoms with Gasteiger partial charge in [-0.15, -0.1) is 0 Å². The Morgan fingerprint density at radius 3 is 2.32 bits per heavy atom. The van der Waals surface area contributed by atoms with Crippen molar-refractivity contribution in [3.63, 3.8) is 0 Å². The van der Waals surface area contributed by atoms with Crippen LogP contribution in [0.5, 0.6) is 0 Å². The molecule has 3 aliphatic rings. The average molecular weight is 309 g/mol. The normalized spacial score (nSPS) is 25.3. The molecule has 5 heteroatoms. The molecule has 1 N–H and O–H groups in total. The molecule has 5 nitrogen and oxygen atoms in total. The van der Waals surface area contributed by atoms with Crippen LogP contribution in [0.25, 0.3) is 0 Å². The highest BCUT2D eigenvalue weighted by atomic mass is 16.5. The molecule has 3 rings (SSSR count). The number of nitrogens with zero attached hydrogens (tertiary/aromatic N) is 2. The van der Waals surface area contributed by atoms with E-state index in [0.29, 0.717) is 0 Å². The van der Waals surface area contributed by atoms with Gasteiger partial charge in [-0.25, -0.2) is 4.79 Å². The van der Waals surface area contributed by atoms with Crippen LogP contribution < -0.4 is 5.32 Å². The lowest BCUT2D eigenvalue weighted by molar-refractivity contribution is 0.0250. The van der Waals surface area contributed by atoms with E-state index in [9.17, 15) is 4.79 Å². The zero-order chi connectivity index (χ0) is 15.4. The van der Waals surface area contributed by atoms with Gasteiger partial charge in [0.25, 0.3) is 0 Å². The number of amides is 2. The molecular weight excluding hydrogens is 278 g/mol. The molecule has 2 saturated heterocycles. The molecule has 2 heterocycles. The minimum absolute atomic E-state index is 0.218. The second-order valence-corrected chi connectivity index (χ2v) is 7.41. The van der Waals surface area contributed by atoms with Crippen molar-refractivity contribution in [3.8, 4) is 0 Å². The Bertz CT molecular complexity index is 370. The number of carbonyl (C=O) groups is 1. The first-order valence-electron chi connectivity index (χ1n) is 8.99. The lowest BCUT2D eigenvalue weighted by atomic mass is 9.79. The van der Waals surface area contributed by atoms with Crippen molar-refractivity contribution >= 4 is 6.03 Å². The number of carbonyl (C=O) groups excluding carboxylic acids is 1. The van der Waals surface area contributed by atoms with Gasteiger partial charge in [0.1, 0.15) is 0 Å². The van der Waals surface area contributed by atoms with Crippen LogP contribution in [0.3, 0.4) is 0 Å². The highest BCUT2D eigenvalue weighted by molar-refractivity contribution is 5.74. The molecule has 0 aromatic heterocycles. The summed E-state index contributed by atoms with van der Waals surface area (Å²) in [6.45, 7) is 5.50. The smallest absolute Gasteiger partial charge is 0.319 e. The third kappa shape index (κ3) is 3.93. The van der Waals surface area contributed by atoms with Gasteiger partial charge in [-0.1, -0.05) is 0 Å². The number of nitrogens with one attached hydrogen (secondary N) is 1. The van der Waals surface area contributed by atoms with Gasteiger partial charge in [-0.05, 0) is 44.9 Å². The minimum Gasteiger partial charge on any atom is -0.384 e. The van der Waals surface area contributed by atoms with E-state index in [-0.39, 0.29) is 11.4 Å². The number of hydrogen-bond donors (Lipinski definition) is 1. The largest absolute Gasteiger partial charge is 0.384 e. The quantitative estimate of drug-likeness (QED) is 0.845. The number of likely N-dealkylation sites (tertiary alicyclic amines) is 2. The van der Waals surface area contributed by atoms with Crippen molar-refractivity contribution in [1.29, 1.82) is 0 Å². The maximum atomic E-state index is 12.6. The predicted octanol–water partition coefficient (Wildman–Crippen LogP) is 2.07. The molecule has 0 aromatic rings. The van der Waals surface area contributed by atoms with Crippen molar-refractivity contribution < 1.29 is 9.53 Å². The molecule has 3 fully saturated rings. The fourth-order valence-electron chi connectivity index (χ4n) is 3.78. The predicted molar refractivity (Wildman–Crippen MR) is 87.0 cm³/mol. The zero-order valence-corrected chi connectivity index (χ0v) is 14.0. The summed E-state index contributed by atoms with van der Waals surface area (Å²) in [5, 5.41) is 3.67. The Hall–Kier alpha value is -0.810. The molecule has 0 spiro atoms. The minimum atomic E-state index is 0.218. The van der Waals surface area contributed by atoms with Gasteiger partial charge >= 0.3 is 6.03 Å². The molecule has 1 saturated carbocycles. The van der Waals surface area contributed by atoms with Gasteiger partial charge in [0.15, 0.2) is 0 Å². The van der Waals surface area contributed by atoms with Crippen LogP contribution in [0.2, 0.25) is 0 Å². The van der Waals surface area contributed by atoms with E-state index < -0.39 is 0 Å². The average Bonchev–Trinajstić information content (AvgIpc) is 3.39. The Labute approximate surface area is 134 Å². The van der Waals surface area contributed by atoms with E-state index in [1.165, 1.54) is 32.1 Å². The van der Waals surface area contributed by atoms with E-state index >= 15 is 0 Å². The van der Waals surface area contributed by atoms with Crippen LogP contribution >= 0.6 is 0 Å². The SMILES string of the molecule is COCC1(CNC2CC2)CCN(C(=O)N2CCCCC2)CC1. The second-order valence-electron chi connectivity index (χ2n) is 7.41. The highest BCUT2D eigenvalue weighted by Crippen LogP contribution is 2.33. The van der Waals surface area contributed by atoms with Crippen LogP contribution in [-0.4, -0.2) is 68.3 Å². The van der Waals surface area contributed by atoms with Gasteiger partial charge in [-0.2, -0.15) is 0 Å². The number of piperidine rings is 2. The van der Waals surface area contributed by atoms with Crippen molar-refractivity contribution in [2.75, 3.05) is 46.4 Å². The van der Waals surface area contributed by atoms with Crippen LogP contribution in [0.4, 0.5) is 4.79 Å². The Morgan fingerprint density at radius 2 is 1.73 bits per heavy atom. The zero-order valence-electron chi connectivity index (χ0n) is 14.0. The van der Waals surface area contributed by atoms with Crippen LogP contribution in [0.1, 0.15) is 44.9 Å². The lowest BCUT2D eigenvalue weighted by Crippen LogP contribution is -2.53. The maximum absolute atomic E-state index is 12.6. The summed E-state index contributed by atoms with van der Waals surface area (Å²) in [7, 11) is 1.80. The van der Waals surface area contributed by atoms with Crippen molar-refractivity contribution in [1.82, 2.24) is 15.1 Å². The molecule has 0 unspecified atom stereocenters. The highest BCUT2D eigenvalue weighted by Gasteiger charge is 2.38. The van der Waals surface area contributed by atoms with E-state index in [1.807, 2.05) is 0 Å².